The smallest absolute Gasteiger partial charge is 0.228 e. The number of rotatable bonds is 4. The first-order chi connectivity index (χ1) is 9.90. The summed E-state index contributed by atoms with van der Waals surface area (Å²) < 4.78 is 0. The highest BCUT2D eigenvalue weighted by atomic mass is 16.2. The van der Waals surface area contributed by atoms with Gasteiger partial charge in [0.05, 0.1) is 0 Å². The number of hydrogen-bond acceptors (Lipinski definition) is 2. The highest BCUT2D eigenvalue weighted by molar-refractivity contribution is 5.83. The Labute approximate surface area is 126 Å². The summed E-state index contributed by atoms with van der Waals surface area (Å²) in [6.07, 6.45) is 2.09. The second-order valence-electron chi connectivity index (χ2n) is 6.52. The van der Waals surface area contributed by atoms with Gasteiger partial charge in [0.15, 0.2) is 0 Å². The quantitative estimate of drug-likeness (QED) is 0.920. The molecule has 2 N–H and O–H groups in total. The second-order valence-corrected chi connectivity index (χ2v) is 6.52. The Hall–Kier alpha value is -1.84. The van der Waals surface area contributed by atoms with Gasteiger partial charge in [-0.05, 0) is 24.8 Å². The summed E-state index contributed by atoms with van der Waals surface area (Å²) in [6, 6.07) is 10.1. The molecule has 0 spiro atoms. The van der Waals surface area contributed by atoms with E-state index in [0.717, 1.165) is 6.42 Å². The highest BCUT2D eigenvalue weighted by Gasteiger charge is 2.34. The van der Waals surface area contributed by atoms with Crippen LogP contribution >= 0.6 is 0 Å². The number of primary amides is 1. The van der Waals surface area contributed by atoms with Gasteiger partial charge in [-0.2, -0.15) is 0 Å². The predicted octanol–water partition coefficient (Wildman–Crippen LogP) is 1.98. The van der Waals surface area contributed by atoms with Crippen LogP contribution in [0.4, 0.5) is 0 Å². The number of nitrogens with two attached hydrogens (primary N) is 1. The van der Waals surface area contributed by atoms with Gasteiger partial charge in [0.1, 0.15) is 0 Å². The summed E-state index contributed by atoms with van der Waals surface area (Å²) in [6.45, 7) is 5.24. The monoisotopic (exact) mass is 288 g/mol. The van der Waals surface area contributed by atoms with Gasteiger partial charge in [-0.1, -0.05) is 44.2 Å². The number of carbonyl (C=O) groups excluding carboxylic acids is 2. The Morgan fingerprint density at radius 1 is 1.19 bits per heavy atom. The average Bonchev–Trinajstić information content (AvgIpc) is 2.47. The third-order valence-electron chi connectivity index (χ3n) is 4.25. The molecule has 2 rings (SSSR count). The zero-order chi connectivity index (χ0) is 15.5. The second kappa shape index (κ2) is 6.29. The van der Waals surface area contributed by atoms with Gasteiger partial charge in [0, 0.05) is 24.4 Å². The molecule has 1 aliphatic rings. The molecule has 1 aliphatic heterocycles. The molecular weight excluding hydrogens is 264 g/mol. The number of carbonyl (C=O) groups is 2. The molecule has 4 nitrogen and oxygen atoms in total. The van der Waals surface area contributed by atoms with Crippen molar-refractivity contribution in [1.29, 1.82) is 0 Å². The minimum atomic E-state index is -0.430. The molecule has 0 atom stereocenters. The van der Waals surface area contributed by atoms with Crippen LogP contribution in [0, 0.1) is 11.3 Å². The van der Waals surface area contributed by atoms with E-state index in [9.17, 15) is 9.59 Å². The minimum Gasteiger partial charge on any atom is -0.369 e. The van der Waals surface area contributed by atoms with Crippen LogP contribution in [0.2, 0.25) is 0 Å². The van der Waals surface area contributed by atoms with E-state index in [1.54, 1.807) is 0 Å². The Balaban J connectivity index is 1.97. The molecule has 2 amide bonds. The van der Waals surface area contributed by atoms with E-state index >= 15 is 0 Å². The summed E-state index contributed by atoms with van der Waals surface area (Å²) in [5.41, 5.74) is 6.07. The van der Waals surface area contributed by atoms with E-state index in [0.29, 0.717) is 25.9 Å². The summed E-state index contributed by atoms with van der Waals surface area (Å²) in [5, 5.41) is 0. The number of nitrogens with zero attached hydrogens (tertiary/aromatic N) is 1. The summed E-state index contributed by atoms with van der Waals surface area (Å²) in [4.78, 5) is 25.8. The SMILES string of the molecule is CC(C)(Cc1ccccc1)C(=O)N1CCC(C(N)=O)CC1. The maximum Gasteiger partial charge on any atom is 0.228 e. The molecule has 1 aromatic carbocycles. The Kier molecular flexibility index (Phi) is 4.66. The standard InChI is InChI=1S/C17H24N2O2/c1-17(2,12-13-6-4-3-5-7-13)16(21)19-10-8-14(9-11-19)15(18)20/h3-7,14H,8-12H2,1-2H3,(H2,18,20). The molecule has 0 aliphatic carbocycles. The van der Waals surface area contributed by atoms with Crippen molar-refractivity contribution < 1.29 is 9.59 Å². The average molecular weight is 288 g/mol. The first kappa shape index (κ1) is 15.5. The summed E-state index contributed by atoms with van der Waals surface area (Å²) >= 11 is 0. The summed E-state index contributed by atoms with van der Waals surface area (Å²) in [7, 11) is 0. The van der Waals surface area contributed by atoms with Gasteiger partial charge < -0.3 is 10.6 Å². The maximum atomic E-state index is 12.7. The Bertz CT molecular complexity index is 503. The van der Waals surface area contributed by atoms with E-state index in [4.69, 9.17) is 5.73 Å². The van der Waals surface area contributed by atoms with Gasteiger partial charge in [-0.15, -0.1) is 0 Å². The van der Waals surface area contributed by atoms with Crippen molar-refractivity contribution in [3.8, 4) is 0 Å². The lowest BCUT2D eigenvalue weighted by molar-refractivity contribution is -0.143. The third kappa shape index (κ3) is 3.84. The van der Waals surface area contributed by atoms with Crippen molar-refractivity contribution in [2.24, 2.45) is 17.1 Å². The predicted molar refractivity (Wildman–Crippen MR) is 82.4 cm³/mol. The van der Waals surface area contributed by atoms with E-state index in [-0.39, 0.29) is 17.7 Å². The lowest BCUT2D eigenvalue weighted by Gasteiger charge is -2.36. The fourth-order valence-electron chi connectivity index (χ4n) is 2.98. The van der Waals surface area contributed by atoms with Crippen molar-refractivity contribution >= 4 is 11.8 Å². The van der Waals surface area contributed by atoms with Crippen LogP contribution in [-0.4, -0.2) is 29.8 Å². The van der Waals surface area contributed by atoms with Crippen molar-refractivity contribution in [3.63, 3.8) is 0 Å². The minimum absolute atomic E-state index is 0.0775. The molecule has 0 radical (unpaired) electrons. The van der Waals surface area contributed by atoms with Gasteiger partial charge in [0.25, 0.3) is 0 Å². The zero-order valence-electron chi connectivity index (χ0n) is 12.8. The molecular formula is C17H24N2O2. The highest BCUT2D eigenvalue weighted by Crippen LogP contribution is 2.27. The molecule has 1 heterocycles. The summed E-state index contributed by atoms with van der Waals surface area (Å²) in [5.74, 6) is -0.161. The van der Waals surface area contributed by atoms with E-state index < -0.39 is 5.41 Å². The first-order valence-electron chi connectivity index (χ1n) is 7.53. The number of likely N-dealkylation sites (tertiary alicyclic amines) is 1. The number of piperidine rings is 1. The molecule has 0 unspecified atom stereocenters. The third-order valence-corrected chi connectivity index (χ3v) is 4.25. The zero-order valence-corrected chi connectivity index (χ0v) is 12.8. The molecule has 21 heavy (non-hydrogen) atoms. The Morgan fingerprint density at radius 3 is 2.29 bits per heavy atom. The van der Waals surface area contributed by atoms with Crippen molar-refractivity contribution in [2.45, 2.75) is 33.1 Å². The van der Waals surface area contributed by atoms with Crippen molar-refractivity contribution in [3.05, 3.63) is 35.9 Å². The topological polar surface area (TPSA) is 63.4 Å². The first-order valence-corrected chi connectivity index (χ1v) is 7.53. The number of benzene rings is 1. The van der Waals surface area contributed by atoms with Crippen LogP contribution < -0.4 is 5.73 Å². The fourth-order valence-corrected chi connectivity index (χ4v) is 2.98. The molecule has 4 heteroatoms. The van der Waals surface area contributed by atoms with Gasteiger partial charge in [0.2, 0.25) is 11.8 Å². The van der Waals surface area contributed by atoms with E-state index in [1.165, 1.54) is 5.56 Å². The molecule has 0 saturated carbocycles. The van der Waals surface area contributed by atoms with Gasteiger partial charge >= 0.3 is 0 Å². The van der Waals surface area contributed by atoms with Crippen LogP contribution in [0.15, 0.2) is 30.3 Å². The molecule has 114 valence electrons. The van der Waals surface area contributed by atoms with E-state index in [2.05, 4.69) is 0 Å². The van der Waals surface area contributed by atoms with Crippen LogP contribution in [0.25, 0.3) is 0 Å². The fraction of sp³-hybridized carbons (Fsp3) is 0.529. The van der Waals surface area contributed by atoms with Gasteiger partial charge in [-0.25, -0.2) is 0 Å². The van der Waals surface area contributed by atoms with Crippen LogP contribution in [-0.2, 0) is 16.0 Å². The molecule has 1 saturated heterocycles. The Morgan fingerprint density at radius 2 is 1.76 bits per heavy atom. The van der Waals surface area contributed by atoms with E-state index in [1.807, 2.05) is 49.1 Å². The molecule has 1 fully saturated rings. The van der Waals surface area contributed by atoms with Crippen molar-refractivity contribution in [2.75, 3.05) is 13.1 Å². The normalized spacial score (nSPS) is 16.8. The van der Waals surface area contributed by atoms with Crippen LogP contribution in [0.1, 0.15) is 32.3 Å². The van der Waals surface area contributed by atoms with Crippen LogP contribution in [0.3, 0.4) is 0 Å². The van der Waals surface area contributed by atoms with Crippen LogP contribution in [0.5, 0.6) is 0 Å². The lowest BCUT2D eigenvalue weighted by Crippen LogP contribution is -2.47. The van der Waals surface area contributed by atoms with Gasteiger partial charge in [-0.3, -0.25) is 9.59 Å². The number of hydrogen-bond donors (Lipinski definition) is 1. The maximum absolute atomic E-state index is 12.7. The lowest BCUT2D eigenvalue weighted by atomic mass is 9.83. The molecule has 1 aromatic rings. The largest absolute Gasteiger partial charge is 0.369 e. The number of amides is 2. The van der Waals surface area contributed by atoms with Crippen molar-refractivity contribution in [1.82, 2.24) is 4.90 Å². The molecule has 0 bridgehead atoms. The molecule has 0 aromatic heterocycles.